The molecule has 1 N–H and O–H groups in total. The highest BCUT2D eigenvalue weighted by Crippen LogP contribution is 2.30. The summed E-state index contributed by atoms with van der Waals surface area (Å²) in [4.78, 5) is 24.5. The Balaban J connectivity index is 1.37. The van der Waals surface area contributed by atoms with E-state index in [9.17, 15) is 9.59 Å². The minimum Gasteiger partial charge on any atom is -0.485 e. The number of nitrogens with zero attached hydrogens (tertiary/aromatic N) is 2. The third-order valence-corrected chi connectivity index (χ3v) is 4.68. The highest BCUT2D eigenvalue weighted by molar-refractivity contribution is 6.30. The number of para-hydroxylation sites is 2. The Morgan fingerprint density at radius 1 is 1.10 bits per heavy atom. The lowest BCUT2D eigenvalue weighted by molar-refractivity contribution is -0.130. The smallest absolute Gasteiger partial charge is 0.266 e. The number of nitrogens with one attached hydrogen (secondary N) is 1. The van der Waals surface area contributed by atoms with Crippen molar-refractivity contribution in [2.75, 3.05) is 13.2 Å². The lowest BCUT2D eigenvalue weighted by Gasteiger charge is -2.25. The normalized spacial score (nSPS) is 15.0. The molecule has 148 valence electrons. The van der Waals surface area contributed by atoms with Crippen LogP contribution < -0.4 is 20.3 Å². The van der Waals surface area contributed by atoms with Crippen LogP contribution in [0.2, 0.25) is 5.02 Å². The Morgan fingerprint density at radius 2 is 1.86 bits per heavy atom. The molecule has 1 aliphatic rings. The van der Waals surface area contributed by atoms with Gasteiger partial charge in [0.05, 0.1) is 12.2 Å². The molecular weight excluding hydrogens is 394 g/mol. The highest BCUT2D eigenvalue weighted by Gasteiger charge is 2.26. The van der Waals surface area contributed by atoms with Crippen LogP contribution >= 0.6 is 11.6 Å². The van der Waals surface area contributed by atoms with Crippen molar-refractivity contribution in [2.24, 2.45) is 0 Å². The first-order chi connectivity index (χ1) is 14.1. The van der Waals surface area contributed by atoms with Gasteiger partial charge in [0.25, 0.3) is 11.5 Å². The van der Waals surface area contributed by atoms with E-state index >= 15 is 0 Å². The van der Waals surface area contributed by atoms with E-state index in [4.69, 9.17) is 21.1 Å². The molecule has 4 rings (SSSR count). The largest absolute Gasteiger partial charge is 0.485 e. The van der Waals surface area contributed by atoms with Crippen molar-refractivity contribution in [2.45, 2.75) is 12.6 Å². The fourth-order valence-corrected chi connectivity index (χ4v) is 3.06. The maximum absolute atomic E-state index is 12.4. The van der Waals surface area contributed by atoms with E-state index in [1.54, 1.807) is 30.3 Å². The molecule has 0 aliphatic carbocycles. The third-order valence-electron chi connectivity index (χ3n) is 4.43. The molecule has 1 amide bonds. The van der Waals surface area contributed by atoms with Gasteiger partial charge in [0.15, 0.2) is 11.5 Å². The molecule has 0 fully saturated rings. The second-order valence-electron chi connectivity index (χ2n) is 6.44. The van der Waals surface area contributed by atoms with Crippen molar-refractivity contribution in [3.8, 4) is 22.8 Å². The van der Waals surface area contributed by atoms with Gasteiger partial charge in [0.2, 0.25) is 6.10 Å². The second kappa shape index (κ2) is 8.36. The van der Waals surface area contributed by atoms with E-state index in [0.29, 0.717) is 22.2 Å². The number of rotatable bonds is 5. The fraction of sp³-hybridized carbons (Fsp3) is 0.190. The number of halogens is 1. The molecule has 1 atom stereocenters. The van der Waals surface area contributed by atoms with Crippen LogP contribution in [0.3, 0.4) is 0 Å². The lowest BCUT2D eigenvalue weighted by Crippen LogP contribution is -2.45. The van der Waals surface area contributed by atoms with Crippen LogP contribution in [-0.2, 0) is 11.3 Å². The molecule has 0 bridgehead atoms. The molecule has 1 unspecified atom stereocenters. The number of benzene rings is 2. The maximum Gasteiger partial charge on any atom is 0.266 e. The summed E-state index contributed by atoms with van der Waals surface area (Å²) in [6.07, 6.45) is -0.741. The molecule has 2 aromatic carbocycles. The quantitative estimate of drug-likeness (QED) is 0.697. The average molecular weight is 412 g/mol. The number of fused-ring (bicyclic) bond motifs is 1. The van der Waals surface area contributed by atoms with E-state index in [2.05, 4.69) is 10.4 Å². The van der Waals surface area contributed by atoms with E-state index in [-0.39, 0.29) is 31.2 Å². The molecule has 29 heavy (non-hydrogen) atoms. The summed E-state index contributed by atoms with van der Waals surface area (Å²) in [7, 11) is 0. The molecule has 0 saturated carbocycles. The van der Waals surface area contributed by atoms with Gasteiger partial charge < -0.3 is 14.8 Å². The topological polar surface area (TPSA) is 82.5 Å². The van der Waals surface area contributed by atoms with Crippen LogP contribution in [0.15, 0.2) is 65.5 Å². The number of hydrogen-bond acceptors (Lipinski definition) is 5. The zero-order valence-electron chi connectivity index (χ0n) is 15.4. The van der Waals surface area contributed by atoms with Crippen molar-refractivity contribution in [1.82, 2.24) is 15.1 Å². The van der Waals surface area contributed by atoms with Crippen LogP contribution in [0.25, 0.3) is 11.3 Å². The summed E-state index contributed by atoms with van der Waals surface area (Å²) in [6.45, 7) is 0.598. The summed E-state index contributed by atoms with van der Waals surface area (Å²) >= 11 is 5.91. The first-order valence-corrected chi connectivity index (χ1v) is 9.48. The van der Waals surface area contributed by atoms with Crippen LogP contribution in [0, 0.1) is 0 Å². The third kappa shape index (κ3) is 4.41. The molecule has 8 heteroatoms. The van der Waals surface area contributed by atoms with Gasteiger partial charge in [-0.1, -0.05) is 35.9 Å². The van der Waals surface area contributed by atoms with Crippen LogP contribution in [-0.4, -0.2) is 34.9 Å². The Kier molecular flexibility index (Phi) is 5.48. The first kappa shape index (κ1) is 19.0. The lowest BCUT2D eigenvalue weighted by atomic mass is 10.1. The summed E-state index contributed by atoms with van der Waals surface area (Å²) in [6, 6.07) is 17.5. The van der Waals surface area contributed by atoms with Crippen molar-refractivity contribution in [3.05, 3.63) is 76.0 Å². The second-order valence-corrected chi connectivity index (χ2v) is 6.88. The van der Waals surface area contributed by atoms with Crippen molar-refractivity contribution in [3.63, 3.8) is 0 Å². The SMILES string of the molecule is O=C(NCCn1nc(-c2ccc(Cl)cc2)ccc1=O)C1COc2ccccc2O1. The standard InChI is InChI=1S/C21H18ClN3O4/c22-15-7-5-14(6-8-15)16-9-10-20(26)25(24-16)12-11-23-21(27)19-13-28-17-3-1-2-4-18(17)29-19/h1-10,19H,11-13H2,(H,23,27). The van der Waals surface area contributed by atoms with Gasteiger partial charge in [-0.2, -0.15) is 5.10 Å². The first-order valence-electron chi connectivity index (χ1n) is 9.10. The summed E-state index contributed by atoms with van der Waals surface area (Å²) in [5, 5.41) is 7.76. The summed E-state index contributed by atoms with van der Waals surface area (Å²) < 4.78 is 12.5. The summed E-state index contributed by atoms with van der Waals surface area (Å²) in [5.74, 6) is 0.847. The molecule has 1 aliphatic heterocycles. The molecule has 7 nitrogen and oxygen atoms in total. The molecule has 2 heterocycles. The predicted molar refractivity (Wildman–Crippen MR) is 108 cm³/mol. The van der Waals surface area contributed by atoms with E-state index in [1.165, 1.54) is 10.7 Å². The van der Waals surface area contributed by atoms with Gasteiger partial charge in [-0.3, -0.25) is 9.59 Å². The number of carbonyl (C=O) groups is 1. The monoisotopic (exact) mass is 411 g/mol. The number of carbonyl (C=O) groups excluding carboxylic acids is 1. The van der Waals surface area contributed by atoms with Crippen molar-refractivity contribution >= 4 is 17.5 Å². The Bertz CT molecular complexity index is 1080. The van der Waals surface area contributed by atoms with Crippen LogP contribution in [0.4, 0.5) is 0 Å². The van der Waals surface area contributed by atoms with E-state index in [0.717, 1.165) is 5.56 Å². The van der Waals surface area contributed by atoms with Gasteiger partial charge in [-0.25, -0.2) is 4.68 Å². The number of ether oxygens (including phenoxy) is 2. The van der Waals surface area contributed by atoms with Gasteiger partial charge in [0, 0.05) is 23.2 Å². The number of aromatic nitrogens is 2. The molecule has 0 radical (unpaired) electrons. The maximum atomic E-state index is 12.4. The highest BCUT2D eigenvalue weighted by atomic mass is 35.5. The van der Waals surface area contributed by atoms with Gasteiger partial charge >= 0.3 is 0 Å². The average Bonchev–Trinajstić information content (AvgIpc) is 2.75. The molecule has 0 spiro atoms. The zero-order chi connectivity index (χ0) is 20.2. The van der Waals surface area contributed by atoms with Gasteiger partial charge in [-0.15, -0.1) is 0 Å². The minimum atomic E-state index is -0.741. The predicted octanol–water partition coefficient (Wildman–Crippen LogP) is 2.52. The Labute approximate surface area is 171 Å². The van der Waals surface area contributed by atoms with Crippen molar-refractivity contribution in [1.29, 1.82) is 0 Å². The molecule has 1 aromatic heterocycles. The van der Waals surface area contributed by atoms with E-state index in [1.807, 2.05) is 24.3 Å². The van der Waals surface area contributed by atoms with Crippen molar-refractivity contribution < 1.29 is 14.3 Å². The zero-order valence-corrected chi connectivity index (χ0v) is 16.1. The Hall–Kier alpha value is -3.32. The van der Waals surface area contributed by atoms with Crippen LogP contribution in [0.5, 0.6) is 11.5 Å². The number of amides is 1. The van der Waals surface area contributed by atoms with Crippen LogP contribution in [0.1, 0.15) is 0 Å². The number of hydrogen-bond donors (Lipinski definition) is 1. The molecule has 0 saturated heterocycles. The molecule has 3 aromatic rings. The van der Waals surface area contributed by atoms with Gasteiger partial charge in [0.1, 0.15) is 6.61 Å². The Morgan fingerprint density at radius 3 is 2.66 bits per heavy atom. The van der Waals surface area contributed by atoms with E-state index < -0.39 is 6.10 Å². The molecular formula is C21H18ClN3O4. The minimum absolute atomic E-state index is 0.132. The van der Waals surface area contributed by atoms with Gasteiger partial charge in [-0.05, 0) is 30.3 Å². The fourth-order valence-electron chi connectivity index (χ4n) is 2.93. The summed E-state index contributed by atoms with van der Waals surface area (Å²) in [5.41, 5.74) is 1.25.